The van der Waals surface area contributed by atoms with Gasteiger partial charge in [0.1, 0.15) is 0 Å². The molecule has 0 saturated carbocycles. The number of nitrogens with zero attached hydrogens (tertiary/aromatic N) is 2. The third-order valence-electron chi connectivity index (χ3n) is 2.87. The molecule has 1 aliphatic rings. The van der Waals surface area contributed by atoms with Gasteiger partial charge in [0.15, 0.2) is 5.96 Å². The summed E-state index contributed by atoms with van der Waals surface area (Å²) in [5.74, 6) is -0.279. The van der Waals surface area contributed by atoms with E-state index in [-0.39, 0.29) is 11.8 Å². The number of hydrogen-bond acceptors (Lipinski definition) is 3. The molecular formula is C13H16N4O2. The van der Waals surface area contributed by atoms with Gasteiger partial charge in [-0.2, -0.15) is 0 Å². The minimum atomic E-state index is -0.298. The lowest BCUT2D eigenvalue weighted by Crippen LogP contribution is -2.24. The van der Waals surface area contributed by atoms with Crippen LogP contribution in [0.5, 0.6) is 0 Å². The number of guanidine groups is 1. The van der Waals surface area contributed by atoms with E-state index in [1.54, 1.807) is 18.2 Å². The minimum Gasteiger partial charge on any atom is -0.370 e. The topological polar surface area (TPSA) is 87.8 Å². The molecule has 6 nitrogen and oxygen atoms in total. The normalized spacial score (nSPS) is 14.8. The molecule has 0 radical (unpaired) electrons. The van der Waals surface area contributed by atoms with Gasteiger partial charge in [-0.15, -0.1) is 0 Å². The summed E-state index contributed by atoms with van der Waals surface area (Å²) >= 11 is 0. The van der Waals surface area contributed by atoms with E-state index in [9.17, 15) is 9.59 Å². The SMILES string of the molecule is CCCN=C(N)Nc1ccc2c(c1)C(=O)N(C)C2=O. The second-order valence-corrected chi connectivity index (χ2v) is 4.32. The first-order chi connectivity index (χ1) is 9.04. The van der Waals surface area contributed by atoms with Gasteiger partial charge in [-0.1, -0.05) is 6.92 Å². The lowest BCUT2D eigenvalue weighted by Gasteiger charge is -2.06. The first kappa shape index (κ1) is 13.1. The molecule has 2 rings (SSSR count). The van der Waals surface area contributed by atoms with E-state index in [2.05, 4.69) is 10.3 Å². The predicted octanol–water partition coefficient (Wildman–Crippen LogP) is 1.05. The van der Waals surface area contributed by atoms with Crippen molar-refractivity contribution in [3.05, 3.63) is 29.3 Å². The Balaban J connectivity index is 2.24. The number of carbonyl (C=O) groups excluding carboxylic acids is 2. The van der Waals surface area contributed by atoms with Gasteiger partial charge in [-0.3, -0.25) is 19.5 Å². The second kappa shape index (κ2) is 5.09. The van der Waals surface area contributed by atoms with Crippen LogP contribution in [0.15, 0.2) is 23.2 Å². The highest BCUT2D eigenvalue weighted by Gasteiger charge is 2.32. The fourth-order valence-electron chi connectivity index (χ4n) is 1.86. The number of anilines is 1. The highest BCUT2D eigenvalue weighted by molar-refractivity contribution is 6.21. The summed E-state index contributed by atoms with van der Waals surface area (Å²) in [5, 5.41) is 2.90. The van der Waals surface area contributed by atoms with Crippen LogP contribution in [0.3, 0.4) is 0 Å². The highest BCUT2D eigenvalue weighted by Crippen LogP contribution is 2.24. The molecule has 0 spiro atoms. The van der Waals surface area contributed by atoms with Gasteiger partial charge in [0.2, 0.25) is 0 Å². The van der Waals surface area contributed by atoms with E-state index >= 15 is 0 Å². The van der Waals surface area contributed by atoms with E-state index in [0.29, 0.717) is 29.3 Å². The van der Waals surface area contributed by atoms with Crippen molar-refractivity contribution in [1.82, 2.24) is 4.90 Å². The van der Waals surface area contributed by atoms with Crippen LogP contribution in [0, 0.1) is 0 Å². The number of carbonyl (C=O) groups is 2. The Morgan fingerprint density at radius 2 is 2.00 bits per heavy atom. The monoisotopic (exact) mass is 260 g/mol. The Hall–Kier alpha value is -2.37. The molecule has 1 heterocycles. The Morgan fingerprint density at radius 3 is 2.68 bits per heavy atom. The molecule has 6 heteroatoms. The molecule has 2 amide bonds. The molecule has 19 heavy (non-hydrogen) atoms. The maximum atomic E-state index is 11.8. The molecule has 0 aromatic heterocycles. The van der Waals surface area contributed by atoms with Crippen LogP contribution < -0.4 is 11.1 Å². The summed E-state index contributed by atoms with van der Waals surface area (Å²) in [5.41, 5.74) is 7.16. The van der Waals surface area contributed by atoms with Gasteiger partial charge in [0, 0.05) is 19.3 Å². The van der Waals surface area contributed by atoms with Crippen molar-refractivity contribution in [1.29, 1.82) is 0 Å². The third-order valence-corrected chi connectivity index (χ3v) is 2.87. The Bertz CT molecular complexity index is 566. The average molecular weight is 260 g/mol. The van der Waals surface area contributed by atoms with Gasteiger partial charge in [-0.25, -0.2) is 0 Å². The summed E-state index contributed by atoms with van der Waals surface area (Å²) in [6.45, 7) is 2.65. The molecule has 1 aliphatic heterocycles. The summed E-state index contributed by atoms with van der Waals surface area (Å²) < 4.78 is 0. The van der Waals surface area contributed by atoms with Crippen LogP contribution in [0.1, 0.15) is 34.1 Å². The zero-order valence-corrected chi connectivity index (χ0v) is 10.9. The van der Waals surface area contributed by atoms with Gasteiger partial charge in [0.25, 0.3) is 11.8 Å². The molecule has 1 aromatic rings. The number of amides is 2. The van der Waals surface area contributed by atoms with Crippen molar-refractivity contribution in [3.8, 4) is 0 Å². The van der Waals surface area contributed by atoms with Crippen LogP contribution in [0.4, 0.5) is 5.69 Å². The Morgan fingerprint density at radius 1 is 1.32 bits per heavy atom. The predicted molar refractivity (Wildman–Crippen MR) is 73.3 cm³/mol. The summed E-state index contributed by atoms with van der Waals surface area (Å²) in [6.07, 6.45) is 0.907. The van der Waals surface area contributed by atoms with Crippen molar-refractivity contribution in [2.75, 3.05) is 18.9 Å². The first-order valence-electron chi connectivity index (χ1n) is 6.08. The number of nitrogens with one attached hydrogen (secondary N) is 1. The zero-order valence-electron chi connectivity index (χ0n) is 10.9. The second-order valence-electron chi connectivity index (χ2n) is 4.32. The van der Waals surface area contributed by atoms with E-state index in [1.807, 2.05) is 6.92 Å². The van der Waals surface area contributed by atoms with Gasteiger partial charge >= 0.3 is 0 Å². The van der Waals surface area contributed by atoms with Crippen LogP contribution in [-0.2, 0) is 0 Å². The smallest absolute Gasteiger partial charge is 0.261 e. The van der Waals surface area contributed by atoms with Gasteiger partial charge in [0.05, 0.1) is 11.1 Å². The van der Waals surface area contributed by atoms with Crippen LogP contribution in [0.25, 0.3) is 0 Å². The van der Waals surface area contributed by atoms with Crippen molar-refractivity contribution in [3.63, 3.8) is 0 Å². The van der Waals surface area contributed by atoms with Crippen molar-refractivity contribution in [2.24, 2.45) is 10.7 Å². The number of nitrogens with two attached hydrogens (primary N) is 1. The van der Waals surface area contributed by atoms with Crippen LogP contribution >= 0.6 is 0 Å². The third kappa shape index (κ3) is 2.42. The van der Waals surface area contributed by atoms with Crippen LogP contribution in [-0.4, -0.2) is 36.3 Å². The minimum absolute atomic E-state index is 0.279. The number of aliphatic imine (C=N–C) groups is 1. The molecular weight excluding hydrogens is 244 g/mol. The number of fused-ring (bicyclic) bond motifs is 1. The number of benzene rings is 1. The summed E-state index contributed by atoms with van der Waals surface area (Å²) in [4.78, 5) is 28.8. The summed E-state index contributed by atoms with van der Waals surface area (Å²) in [7, 11) is 1.47. The fourth-order valence-corrected chi connectivity index (χ4v) is 1.86. The molecule has 0 saturated heterocycles. The molecule has 1 aromatic carbocycles. The fraction of sp³-hybridized carbons (Fsp3) is 0.308. The lowest BCUT2D eigenvalue weighted by molar-refractivity contribution is 0.0693. The van der Waals surface area contributed by atoms with Crippen molar-refractivity contribution < 1.29 is 9.59 Å². The zero-order chi connectivity index (χ0) is 14.0. The standard InChI is InChI=1S/C13H16N4O2/c1-3-6-15-13(14)16-8-4-5-9-10(7-8)12(19)17(2)11(9)18/h4-5,7H,3,6H2,1-2H3,(H3,14,15,16). The largest absolute Gasteiger partial charge is 0.370 e. The molecule has 0 bridgehead atoms. The molecule has 0 fully saturated rings. The number of imide groups is 1. The lowest BCUT2D eigenvalue weighted by atomic mass is 10.1. The van der Waals surface area contributed by atoms with Crippen LogP contribution in [0.2, 0.25) is 0 Å². The number of rotatable bonds is 3. The Labute approximate surface area is 111 Å². The van der Waals surface area contributed by atoms with E-state index < -0.39 is 0 Å². The molecule has 0 unspecified atom stereocenters. The molecule has 0 atom stereocenters. The quantitative estimate of drug-likeness (QED) is 0.483. The van der Waals surface area contributed by atoms with Gasteiger partial charge in [-0.05, 0) is 24.6 Å². The molecule has 100 valence electrons. The Kier molecular flexibility index (Phi) is 3.50. The van der Waals surface area contributed by atoms with Gasteiger partial charge < -0.3 is 11.1 Å². The maximum Gasteiger partial charge on any atom is 0.261 e. The number of hydrogen-bond donors (Lipinski definition) is 2. The highest BCUT2D eigenvalue weighted by atomic mass is 16.2. The van der Waals surface area contributed by atoms with Crippen molar-refractivity contribution in [2.45, 2.75) is 13.3 Å². The molecule has 0 aliphatic carbocycles. The van der Waals surface area contributed by atoms with E-state index in [0.717, 1.165) is 11.3 Å². The first-order valence-corrected chi connectivity index (χ1v) is 6.08. The van der Waals surface area contributed by atoms with Crippen molar-refractivity contribution >= 4 is 23.5 Å². The van der Waals surface area contributed by atoms with E-state index in [1.165, 1.54) is 7.05 Å². The summed E-state index contributed by atoms with van der Waals surface area (Å²) in [6, 6.07) is 4.94. The average Bonchev–Trinajstić information content (AvgIpc) is 2.61. The molecule has 3 N–H and O–H groups in total. The maximum absolute atomic E-state index is 11.8. The van der Waals surface area contributed by atoms with E-state index in [4.69, 9.17) is 5.73 Å².